The standard InChI is InChI=1S/C11H24N2O4S/c1-9(2)10(8-13(3)4)12-18(16,17)7-5-6-11(14)15/h9-10,12H,5-8H2,1-4H3,(H,14,15). The number of hydrogen-bond acceptors (Lipinski definition) is 4. The van der Waals surface area contributed by atoms with Gasteiger partial charge in [-0.2, -0.15) is 0 Å². The van der Waals surface area contributed by atoms with Gasteiger partial charge in [0.2, 0.25) is 10.0 Å². The molecule has 0 aliphatic heterocycles. The Balaban J connectivity index is 4.37. The Morgan fingerprint density at radius 1 is 1.33 bits per heavy atom. The summed E-state index contributed by atoms with van der Waals surface area (Å²) in [6.07, 6.45) is 0.0123. The van der Waals surface area contributed by atoms with Gasteiger partial charge in [0.05, 0.1) is 5.75 Å². The van der Waals surface area contributed by atoms with E-state index in [0.29, 0.717) is 6.54 Å². The summed E-state index contributed by atoms with van der Waals surface area (Å²) in [5.74, 6) is -0.934. The van der Waals surface area contributed by atoms with Gasteiger partial charge in [-0.15, -0.1) is 0 Å². The molecule has 0 aromatic carbocycles. The third-order valence-corrected chi connectivity index (χ3v) is 3.99. The molecule has 0 fully saturated rings. The smallest absolute Gasteiger partial charge is 0.303 e. The number of rotatable bonds is 9. The van der Waals surface area contributed by atoms with Crippen molar-refractivity contribution < 1.29 is 18.3 Å². The maximum absolute atomic E-state index is 11.8. The molecule has 0 aliphatic carbocycles. The van der Waals surface area contributed by atoms with E-state index < -0.39 is 16.0 Å². The van der Waals surface area contributed by atoms with Gasteiger partial charge in [0.1, 0.15) is 0 Å². The van der Waals surface area contributed by atoms with Gasteiger partial charge in [0.15, 0.2) is 0 Å². The summed E-state index contributed by atoms with van der Waals surface area (Å²) in [7, 11) is 0.359. The molecule has 1 atom stereocenters. The largest absolute Gasteiger partial charge is 0.481 e. The molecule has 0 bridgehead atoms. The van der Waals surface area contributed by atoms with Crippen LogP contribution in [0, 0.1) is 5.92 Å². The van der Waals surface area contributed by atoms with Crippen LogP contribution >= 0.6 is 0 Å². The van der Waals surface area contributed by atoms with Crippen molar-refractivity contribution in [1.82, 2.24) is 9.62 Å². The van der Waals surface area contributed by atoms with E-state index in [1.165, 1.54) is 0 Å². The monoisotopic (exact) mass is 280 g/mol. The predicted octanol–water partition coefficient (Wildman–Crippen LogP) is 0.357. The second kappa shape index (κ2) is 7.70. The maximum Gasteiger partial charge on any atom is 0.303 e. The molecule has 0 aromatic heterocycles. The Labute approximate surface area is 109 Å². The number of nitrogens with zero attached hydrogens (tertiary/aromatic N) is 1. The van der Waals surface area contributed by atoms with Gasteiger partial charge in [-0.05, 0) is 26.4 Å². The second-order valence-corrected chi connectivity index (χ2v) is 6.92. The number of hydrogen-bond donors (Lipinski definition) is 2. The van der Waals surface area contributed by atoms with Crippen LogP contribution in [-0.4, -0.2) is 56.8 Å². The number of aliphatic carboxylic acids is 1. The number of carboxylic acid groups (broad SMARTS) is 1. The van der Waals surface area contributed by atoms with Gasteiger partial charge in [0.25, 0.3) is 0 Å². The fourth-order valence-corrected chi connectivity index (χ4v) is 2.93. The molecule has 108 valence electrons. The first-order chi connectivity index (χ1) is 8.14. The van der Waals surface area contributed by atoms with Crippen LogP contribution in [-0.2, 0) is 14.8 Å². The Morgan fingerprint density at radius 2 is 1.89 bits per heavy atom. The first kappa shape index (κ1) is 17.3. The highest BCUT2D eigenvalue weighted by molar-refractivity contribution is 7.89. The van der Waals surface area contributed by atoms with Crippen molar-refractivity contribution in [2.45, 2.75) is 32.7 Å². The highest BCUT2D eigenvalue weighted by Crippen LogP contribution is 2.06. The summed E-state index contributed by atoms with van der Waals surface area (Å²) in [5, 5.41) is 8.48. The zero-order valence-electron chi connectivity index (χ0n) is 11.5. The molecule has 2 N–H and O–H groups in total. The Kier molecular flexibility index (Phi) is 7.42. The van der Waals surface area contributed by atoms with Gasteiger partial charge in [-0.3, -0.25) is 4.79 Å². The lowest BCUT2D eigenvalue weighted by molar-refractivity contribution is -0.137. The molecule has 0 rings (SSSR count). The fraction of sp³-hybridized carbons (Fsp3) is 0.909. The average molecular weight is 280 g/mol. The molecule has 0 aliphatic rings. The number of nitrogens with one attached hydrogen (secondary N) is 1. The van der Waals surface area contributed by atoms with Crippen molar-refractivity contribution in [2.75, 3.05) is 26.4 Å². The summed E-state index contributed by atoms with van der Waals surface area (Å²) < 4.78 is 26.2. The van der Waals surface area contributed by atoms with Crippen LogP contribution < -0.4 is 4.72 Å². The molecular weight excluding hydrogens is 256 g/mol. The van der Waals surface area contributed by atoms with E-state index in [1.54, 1.807) is 0 Å². The van der Waals surface area contributed by atoms with Crippen molar-refractivity contribution in [1.29, 1.82) is 0 Å². The van der Waals surface area contributed by atoms with Gasteiger partial charge < -0.3 is 10.0 Å². The van der Waals surface area contributed by atoms with Crippen LogP contribution in [0.2, 0.25) is 0 Å². The molecular formula is C11H24N2O4S. The Morgan fingerprint density at radius 3 is 2.28 bits per heavy atom. The minimum absolute atomic E-state index is 0.124. The minimum Gasteiger partial charge on any atom is -0.481 e. The molecule has 0 saturated carbocycles. The van der Waals surface area contributed by atoms with E-state index in [1.807, 2.05) is 32.8 Å². The molecule has 7 heteroatoms. The molecule has 0 aromatic rings. The molecule has 0 heterocycles. The maximum atomic E-state index is 11.8. The first-order valence-corrected chi connectivity index (χ1v) is 7.66. The van der Waals surface area contributed by atoms with E-state index in [9.17, 15) is 13.2 Å². The second-order valence-electron chi connectivity index (χ2n) is 5.05. The first-order valence-electron chi connectivity index (χ1n) is 6.00. The van der Waals surface area contributed by atoms with E-state index >= 15 is 0 Å². The van der Waals surface area contributed by atoms with E-state index in [0.717, 1.165) is 0 Å². The van der Waals surface area contributed by atoms with Gasteiger partial charge in [0, 0.05) is 19.0 Å². The highest BCUT2D eigenvalue weighted by Gasteiger charge is 2.21. The summed E-state index contributed by atoms with van der Waals surface area (Å²) in [5.41, 5.74) is 0. The van der Waals surface area contributed by atoms with Crippen LogP contribution in [0.3, 0.4) is 0 Å². The van der Waals surface area contributed by atoms with Crippen LogP contribution in [0.4, 0.5) is 0 Å². The predicted molar refractivity (Wildman–Crippen MR) is 71.0 cm³/mol. The Hall–Kier alpha value is -0.660. The lowest BCUT2D eigenvalue weighted by Gasteiger charge is -2.25. The molecule has 1 unspecified atom stereocenters. The van der Waals surface area contributed by atoms with E-state index in [-0.39, 0.29) is 30.6 Å². The van der Waals surface area contributed by atoms with Crippen molar-refractivity contribution in [3.05, 3.63) is 0 Å². The van der Waals surface area contributed by atoms with Gasteiger partial charge in [-0.25, -0.2) is 13.1 Å². The number of sulfonamides is 1. The highest BCUT2D eigenvalue weighted by atomic mass is 32.2. The molecule has 0 spiro atoms. The van der Waals surface area contributed by atoms with Crippen molar-refractivity contribution >= 4 is 16.0 Å². The molecule has 18 heavy (non-hydrogen) atoms. The van der Waals surface area contributed by atoms with Crippen molar-refractivity contribution in [2.24, 2.45) is 5.92 Å². The Bertz CT molecular complexity index is 352. The van der Waals surface area contributed by atoms with Gasteiger partial charge in [-0.1, -0.05) is 13.8 Å². The van der Waals surface area contributed by atoms with E-state index in [4.69, 9.17) is 5.11 Å². The lowest BCUT2D eigenvalue weighted by atomic mass is 10.1. The number of carbonyl (C=O) groups is 1. The topological polar surface area (TPSA) is 86.7 Å². The number of likely N-dealkylation sites (N-methyl/N-ethyl adjacent to an activating group) is 1. The zero-order chi connectivity index (χ0) is 14.3. The van der Waals surface area contributed by atoms with Gasteiger partial charge >= 0.3 is 5.97 Å². The fourth-order valence-electron chi connectivity index (χ4n) is 1.48. The molecule has 0 amide bonds. The zero-order valence-corrected chi connectivity index (χ0v) is 12.3. The summed E-state index contributed by atoms with van der Waals surface area (Å²) in [6, 6.07) is -0.158. The van der Waals surface area contributed by atoms with Crippen molar-refractivity contribution in [3.63, 3.8) is 0 Å². The third kappa shape index (κ3) is 8.43. The SMILES string of the molecule is CC(C)C(CN(C)C)NS(=O)(=O)CCCC(=O)O. The summed E-state index contributed by atoms with van der Waals surface area (Å²) >= 11 is 0. The minimum atomic E-state index is -3.41. The van der Waals surface area contributed by atoms with Crippen LogP contribution in [0.25, 0.3) is 0 Å². The van der Waals surface area contributed by atoms with Crippen LogP contribution in [0.5, 0.6) is 0 Å². The number of carboxylic acids is 1. The van der Waals surface area contributed by atoms with E-state index in [2.05, 4.69) is 4.72 Å². The van der Waals surface area contributed by atoms with Crippen LogP contribution in [0.15, 0.2) is 0 Å². The normalized spacial score (nSPS) is 14.1. The third-order valence-electron chi connectivity index (χ3n) is 2.50. The quantitative estimate of drug-likeness (QED) is 0.636. The van der Waals surface area contributed by atoms with Crippen LogP contribution in [0.1, 0.15) is 26.7 Å². The molecule has 0 radical (unpaired) electrons. The molecule has 6 nitrogen and oxygen atoms in total. The lowest BCUT2D eigenvalue weighted by Crippen LogP contribution is -2.45. The summed E-state index contributed by atoms with van der Waals surface area (Å²) in [6.45, 7) is 4.53. The average Bonchev–Trinajstić information content (AvgIpc) is 2.14. The van der Waals surface area contributed by atoms with Crippen molar-refractivity contribution in [3.8, 4) is 0 Å². The summed E-state index contributed by atoms with van der Waals surface area (Å²) in [4.78, 5) is 12.3. The molecule has 0 saturated heterocycles.